The Morgan fingerprint density at radius 3 is 2.72 bits per heavy atom. The van der Waals surface area contributed by atoms with E-state index in [-0.39, 0.29) is 22.9 Å². The number of aromatic nitrogens is 2. The minimum absolute atomic E-state index is 0.184. The van der Waals surface area contributed by atoms with Crippen LogP contribution in [-0.2, 0) is 10.2 Å². The quantitative estimate of drug-likeness (QED) is 0.415. The van der Waals surface area contributed by atoms with E-state index in [0.29, 0.717) is 11.3 Å². The summed E-state index contributed by atoms with van der Waals surface area (Å²) in [6, 6.07) is 7.00. The molecule has 1 aromatic heterocycles. The van der Waals surface area contributed by atoms with Gasteiger partial charge in [-0.1, -0.05) is 0 Å². The largest absolute Gasteiger partial charge is 0.423 e. The lowest BCUT2D eigenvalue weighted by Crippen LogP contribution is -2.48. The number of hydrogen-bond acceptors (Lipinski definition) is 6. The Labute approximate surface area is 152 Å². The van der Waals surface area contributed by atoms with Gasteiger partial charge in [-0.25, -0.2) is 4.79 Å². The number of nitrogens with one attached hydrogen (secondary N) is 3. The summed E-state index contributed by atoms with van der Waals surface area (Å²) in [5.41, 5.74) is 2.85. The van der Waals surface area contributed by atoms with Crippen molar-refractivity contribution in [1.82, 2.24) is 9.97 Å². The summed E-state index contributed by atoms with van der Waals surface area (Å²) in [7, 11) is 0. The van der Waals surface area contributed by atoms with Gasteiger partial charge in [-0.05, 0) is 40.8 Å². The van der Waals surface area contributed by atoms with Gasteiger partial charge in [0.25, 0.3) is 5.56 Å². The molecule has 1 spiro atoms. The van der Waals surface area contributed by atoms with Gasteiger partial charge in [0.05, 0.1) is 0 Å². The molecule has 0 fully saturated rings. The van der Waals surface area contributed by atoms with Crippen molar-refractivity contribution in [3.63, 3.8) is 0 Å². The van der Waals surface area contributed by atoms with Crippen LogP contribution >= 0.6 is 22.6 Å². The molecule has 2 aliphatic heterocycles. The molecule has 9 nitrogen and oxygen atoms in total. The van der Waals surface area contributed by atoms with Gasteiger partial charge in [0.2, 0.25) is 17.7 Å². The molecule has 3 heterocycles. The number of aromatic amines is 2. The van der Waals surface area contributed by atoms with Gasteiger partial charge in [0, 0.05) is 14.8 Å². The van der Waals surface area contributed by atoms with Crippen molar-refractivity contribution >= 4 is 34.2 Å². The number of anilines is 1. The van der Waals surface area contributed by atoms with Gasteiger partial charge >= 0.3 is 5.69 Å². The number of nitriles is 1. The second-order valence-corrected chi connectivity index (χ2v) is 6.71. The molecule has 0 saturated heterocycles. The van der Waals surface area contributed by atoms with Gasteiger partial charge in [-0.15, -0.1) is 0 Å². The molecule has 0 aliphatic carbocycles. The number of carbonyl (C=O) groups is 1. The molecule has 10 heteroatoms. The highest BCUT2D eigenvalue weighted by Crippen LogP contribution is 2.51. The molecule has 1 amide bonds. The van der Waals surface area contributed by atoms with Gasteiger partial charge in [-0.3, -0.25) is 19.6 Å². The van der Waals surface area contributed by atoms with E-state index < -0.39 is 22.6 Å². The summed E-state index contributed by atoms with van der Waals surface area (Å²) in [6.45, 7) is 0. The molecule has 2 aromatic rings. The molecule has 1 unspecified atom stereocenters. The van der Waals surface area contributed by atoms with Crippen LogP contribution in [0.2, 0.25) is 0 Å². The van der Waals surface area contributed by atoms with Crippen LogP contribution in [0.25, 0.3) is 0 Å². The Hall–Kier alpha value is -3.07. The number of halogens is 1. The maximum absolute atomic E-state index is 13.0. The first-order chi connectivity index (χ1) is 11.9. The van der Waals surface area contributed by atoms with E-state index in [0.717, 1.165) is 3.57 Å². The molecule has 0 radical (unpaired) electrons. The number of amides is 1. The molecule has 2 aliphatic rings. The highest BCUT2D eigenvalue weighted by molar-refractivity contribution is 14.1. The SMILES string of the molecule is N#CC1=C(N)Oc2[nH]c(=O)[nH]c(=O)c2C12C(=O)Nc1ccc(I)cc12. The van der Waals surface area contributed by atoms with Crippen LogP contribution in [0.15, 0.2) is 39.2 Å². The first kappa shape index (κ1) is 15.5. The fourth-order valence-corrected chi connectivity index (χ4v) is 3.75. The highest BCUT2D eigenvalue weighted by atomic mass is 127. The Balaban J connectivity index is 2.24. The normalized spacial score (nSPS) is 20.6. The predicted molar refractivity (Wildman–Crippen MR) is 93.7 cm³/mol. The molecule has 0 bridgehead atoms. The zero-order chi connectivity index (χ0) is 17.9. The standard InChI is InChI=1S/C15H8IN5O4/c16-5-1-2-8-6(3-5)15(13(23)19-8)7(4-17)10(18)25-12-9(15)11(22)20-14(24)21-12/h1-3H,18H2,(H,19,23)(H2,20,21,22,24). The van der Waals surface area contributed by atoms with Crippen LogP contribution in [0.5, 0.6) is 5.88 Å². The second-order valence-electron chi connectivity index (χ2n) is 5.46. The average molecular weight is 449 g/mol. The van der Waals surface area contributed by atoms with Crippen molar-refractivity contribution in [3.8, 4) is 11.9 Å². The van der Waals surface area contributed by atoms with Crippen LogP contribution in [0.4, 0.5) is 5.69 Å². The van der Waals surface area contributed by atoms with Gasteiger partial charge in [-0.2, -0.15) is 5.26 Å². The van der Waals surface area contributed by atoms with Gasteiger partial charge < -0.3 is 15.8 Å². The number of nitrogens with zero attached hydrogens (tertiary/aromatic N) is 1. The zero-order valence-electron chi connectivity index (χ0n) is 12.3. The zero-order valence-corrected chi connectivity index (χ0v) is 14.4. The third-order valence-electron chi connectivity index (χ3n) is 4.20. The van der Waals surface area contributed by atoms with E-state index >= 15 is 0 Å². The first-order valence-electron chi connectivity index (χ1n) is 6.96. The van der Waals surface area contributed by atoms with Crippen molar-refractivity contribution in [1.29, 1.82) is 5.26 Å². The number of benzene rings is 1. The summed E-state index contributed by atoms with van der Waals surface area (Å²) in [5.74, 6) is -1.23. The number of rotatable bonds is 0. The molecule has 1 aromatic carbocycles. The third kappa shape index (κ3) is 1.84. The molecule has 1 atom stereocenters. The van der Waals surface area contributed by atoms with Crippen molar-refractivity contribution in [2.45, 2.75) is 5.41 Å². The number of H-pyrrole nitrogens is 2. The fourth-order valence-electron chi connectivity index (χ4n) is 3.26. The van der Waals surface area contributed by atoms with E-state index in [9.17, 15) is 19.6 Å². The highest BCUT2D eigenvalue weighted by Gasteiger charge is 2.58. The van der Waals surface area contributed by atoms with Gasteiger partial charge in [0.1, 0.15) is 17.2 Å². The monoisotopic (exact) mass is 449 g/mol. The Morgan fingerprint density at radius 1 is 1.24 bits per heavy atom. The van der Waals surface area contributed by atoms with E-state index in [2.05, 4.69) is 37.9 Å². The molecule has 0 saturated carbocycles. The number of ether oxygens (including phenoxy) is 1. The predicted octanol–water partition coefficient (Wildman–Crippen LogP) is -0.00772. The van der Waals surface area contributed by atoms with Crippen LogP contribution < -0.4 is 27.0 Å². The van der Waals surface area contributed by atoms with E-state index in [1.165, 1.54) is 0 Å². The summed E-state index contributed by atoms with van der Waals surface area (Å²) in [4.78, 5) is 41.5. The molecule has 4 rings (SSSR count). The lowest BCUT2D eigenvalue weighted by atomic mass is 9.70. The fraction of sp³-hybridized carbons (Fsp3) is 0.0667. The van der Waals surface area contributed by atoms with E-state index in [4.69, 9.17) is 10.5 Å². The van der Waals surface area contributed by atoms with Crippen molar-refractivity contribution in [3.05, 3.63) is 65.2 Å². The Morgan fingerprint density at radius 2 is 2.00 bits per heavy atom. The Kier molecular flexibility index (Phi) is 3.07. The van der Waals surface area contributed by atoms with Gasteiger partial charge in [0.15, 0.2) is 5.41 Å². The summed E-state index contributed by atoms with van der Waals surface area (Å²) in [5, 5.41) is 12.3. The average Bonchev–Trinajstić information content (AvgIpc) is 2.80. The first-order valence-corrected chi connectivity index (χ1v) is 8.04. The third-order valence-corrected chi connectivity index (χ3v) is 4.87. The van der Waals surface area contributed by atoms with Crippen molar-refractivity contribution in [2.75, 3.05) is 5.32 Å². The summed E-state index contributed by atoms with van der Waals surface area (Å²) in [6.07, 6.45) is 0. The van der Waals surface area contributed by atoms with Crippen LogP contribution in [0, 0.1) is 14.9 Å². The minimum Gasteiger partial charge on any atom is -0.423 e. The number of hydrogen-bond donors (Lipinski definition) is 4. The molecular formula is C15H8IN5O4. The van der Waals surface area contributed by atoms with E-state index in [1.54, 1.807) is 18.2 Å². The lowest BCUT2D eigenvalue weighted by molar-refractivity contribution is -0.118. The molecular weight excluding hydrogens is 441 g/mol. The number of nitrogens with two attached hydrogens (primary N) is 1. The second kappa shape index (κ2) is 4.96. The maximum atomic E-state index is 13.0. The molecule has 25 heavy (non-hydrogen) atoms. The smallest absolute Gasteiger partial charge is 0.328 e. The maximum Gasteiger partial charge on any atom is 0.328 e. The summed E-state index contributed by atoms with van der Waals surface area (Å²) >= 11 is 2.05. The number of carbonyl (C=O) groups excluding carboxylic acids is 1. The summed E-state index contributed by atoms with van der Waals surface area (Å²) < 4.78 is 6.04. The minimum atomic E-state index is -1.79. The molecule has 5 N–H and O–H groups in total. The van der Waals surface area contributed by atoms with E-state index in [1.807, 2.05) is 6.07 Å². The van der Waals surface area contributed by atoms with Crippen LogP contribution in [0.3, 0.4) is 0 Å². The van der Waals surface area contributed by atoms with Crippen molar-refractivity contribution < 1.29 is 9.53 Å². The van der Waals surface area contributed by atoms with Crippen LogP contribution in [0.1, 0.15) is 11.1 Å². The van der Waals surface area contributed by atoms with Crippen molar-refractivity contribution in [2.24, 2.45) is 5.73 Å². The molecule has 124 valence electrons. The topological polar surface area (TPSA) is 154 Å². The Bertz CT molecular complexity index is 1160. The number of fused-ring (bicyclic) bond motifs is 4. The lowest BCUT2D eigenvalue weighted by Gasteiger charge is -2.32. The van der Waals surface area contributed by atoms with Crippen LogP contribution in [-0.4, -0.2) is 15.9 Å².